The summed E-state index contributed by atoms with van der Waals surface area (Å²) >= 11 is 0. The standard InChI is InChI=1S/C19H27N3O3/c20-19(25)14-7-4-13(5-8-14)6-9-18(24)21-16-2-1-3-17(16)22-11-10-15(23)12-22/h4-5,7-8,15-17,23H,1-3,6,9-12H2,(H2,20,25)(H,21,24)/t15?,16-,17+/m1/s1. The largest absolute Gasteiger partial charge is 0.392 e. The molecule has 2 fully saturated rings. The number of rotatable bonds is 6. The maximum absolute atomic E-state index is 12.3. The number of hydrogen-bond acceptors (Lipinski definition) is 4. The van der Waals surface area contributed by atoms with Crippen LogP contribution in [0, 0.1) is 0 Å². The van der Waals surface area contributed by atoms with Crippen LogP contribution in [0.3, 0.4) is 0 Å². The van der Waals surface area contributed by atoms with Crippen LogP contribution in [-0.4, -0.2) is 53.1 Å². The third kappa shape index (κ3) is 4.58. The summed E-state index contributed by atoms with van der Waals surface area (Å²) in [7, 11) is 0. The van der Waals surface area contributed by atoms with Crippen molar-refractivity contribution < 1.29 is 14.7 Å². The van der Waals surface area contributed by atoms with E-state index in [0.717, 1.165) is 44.3 Å². The molecule has 0 bridgehead atoms. The third-order valence-electron chi connectivity index (χ3n) is 5.37. The van der Waals surface area contributed by atoms with Crippen molar-refractivity contribution in [3.05, 3.63) is 35.4 Å². The Morgan fingerprint density at radius 1 is 1.20 bits per heavy atom. The van der Waals surface area contributed by atoms with Crippen LogP contribution in [0.4, 0.5) is 0 Å². The Bertz CT molecular complexity index is 617. The molecule has 0 spiro atoms. The molecule has 6 heteroatoms. The molecular formula is C19H27N3O3. The lowest BCUT2D eigenvalue weighted by atomic mass is 10.1. The normalized spacial score (nSPS) is 26.7. The fourth-order valence-corrected chi connectivity index (χ4v) is 3.99. The van der Waals surface area contributed by atoms with E-state index in [9.17, 15) is 14.7 Å². The quantitative estimate of drug-likeness (QED) is 0.711. The number of amides is 2. The number of nitrogens with one attached hydrogen (secondary N) is 1. The predicted molar refractivity (Wildman–Crippen MR) is 95.0 cm³/mol. The molecule has 2 aliphatic rings. The van der Waals surface area contributed by atoms with Gasteiger partial charge in [0.05, 0.1) is 6.10 Å². The Balaban J connectivity index is 1.47. The average Bonchev–Trinajstić information content (AvgIpc) is 3.22. The van der Waals surface area contributed by atoms with Gasteiger partial charge < -0.3 is 16.2 Å². The van der Waals surface area contributed by atoms with E-state index >= 15 is 0 Å². The molecular weight excluding hydrogens is 318 g/mol. The van der Waals surface area contributed by atoms with Gasteiger partial charge in [0.2, 0.25) is 11.8 Å². The first-order valence-electron chi connectivity index (χ1n) is 9.13. The van der Waals surface area contributed by atoms with E-state index in [2.05, 4.69) is 10.2 Å². The average molecular weight is 345 g/mol. The summed E-state index contributed by atoms with van der Waals surface area (Å²) in [5.74, 6) is -0.376. The number of benzene rings is 1. The van der Waals surface area contributed by atoms with Crippen LogP contribution in [-0.2, 0) is 11.2 Å². The lowest BCUT2D eigenvalue weighted by Gasteiger charge is -2.29. The maximum Gasteiger partial charge on any atom is 0.248 e. The Morgan fingerprint density at radius 2 is 1.96 bits per heavy atom. The molecule has 136 valence electrons. The van der Waals surface area contributed by atoms with Gasteiger partial charge in [-0.1, -0.05) is 12.1 Å². The minimum Gasteiger partial charge on any atom is -0.392 e. The van der Waals surface area contributed by atoms with Gasteiger partial charge in [0.1, 0.15) is 0 Å². The molecule has 2 amide bonds. The van der Waals surface area contributed by atoms with Gasteiger partial charge in [-0.3, -0.25) is 14.5 Å². The van der Waals surface area contributed by atoms with Crippen molar-refractivity contribution in [2.24, 2.45) is 5.73 Å². The smallest absolute Gasteiger partial charge is 0.248 e. The minimum absolute atomic E-state index is 0.0654. The van der Waals surface area contributed by atoms with Crippen LogP contribution in [0.2, 0.25) is 0 Å². The van der Waals surface area contributed by atoms with E-state index in [1.54, 1.807) is 12.1 Å². The van der Waals surface area contributed by atoms with Gasteiger partial charge in [-0.15, -0.1) is 0 Å². The predicted octanol–water partition coefficient (Wildman–Crippen LogP) is 0.822. The third-order valence-corrected chi connectivity index (χ3v) is 5.37. The van der Waals surface area contributed by atoms with Gasteiger partial charge in [-0.2, -0.15) is 0 Å². The molecule has 4 N–H and O–H groups in total. The van der Waals surface area contributed by atoms with Crippen molar-refractivity contribution in [3.63, 3.8) is 0 Å². The summed E-state index contributed by atoms with van der Waals surface area (Å²) in [5, 5.41) is 12.9. The highest BCUT2D eigenvalue weighted by molar-refractivity contribution is 5.92. The highest BCUT2D eigenvalue weighted by Gasteiger charge is 2.36. The number of nitrogens with zero attached hydrogens (tertiary/aromatic N) is 1. The summed E-state index contributed by atoms with van der Waals surface area (Å²) in [4.78, 5) is 25.7. The highest BCUT2D eigenvalue weighted by Crippen LogP contribution is 2.27. The number of primary amides is 1. The summed E-state index contributed by atoms with van der Waals surface area (Å²) < 4.78 is 0. The zero-order valence-electron chi connectivity index (χ0n) is 14.5. The van der Waals surface area contributed by atoms with E-state index in [0.29, 0.717) is 24.4 Å². The number of β-amino-alcohol motifs (C(OH)–C–C–N with tert-alkyl or cyclic N) is 1. The molecule has 6 nitrogen and oxygen atoms in total. The van der Waals surface area contributed by atoms with Gasteiger partial charge in [0, 0.05) is 37.2 Å². The number of carbonyl (C=O) groups is 2. The van der Waals surface area contributed by atoms with E-state index in [1.165, 1.54) is 0 Å². The van der Waals surface area contributed by atoms with Gasteiger partial charge >= 0.3 is 0 Å². The summed E-state index contributed by atoms with van der Waals surface area (Å²) in [5.41, 5.74) is 6.73. The molecule has 1 aliphatic heterocycles. The van der Waals surface area contributed by atoms with Gasteiger partial charge in [0.25, 0.3) is 0 Å². The lowest BCUT2D eigenvalue weighted by Crippen LogP contribution is -2.48. The van der Waals surface area contributed by atoms with Crippen LogP contribution >= 0.6 is 0 Å². The summed E-state index contributed by atoms with van der Waals surface area (Å²) in [6.07, 6.45) is 4.91. The first-order chi connectivity index (χ1) is 12.0. The second kappa shape index (κ2) is 7.97. The number of likely N-dealkylation sites (tertiary alicyclic amines) is 1. The van der Waals surface area contributed by atoms with Crippen LogP contribution in [0.15, 0.2) is 24.3 Å². The van der Waals surface area contributed by atoms with Crippen molar-refractivity contribution in [2.45, 2.75) is 56.7 Å². The number of aryl methyl sites for hydroxylation is 1. The number of hydrogen-bond donors (Lipinski definition) is 3. The van der Waals surface area contributed by atoms with Crippen LogP contribution in [0.5, 0.6) is 0 Å². The Kier molecular flexibility index (Phi) is 5.71. The zero-order chi connectivity index (χ0) is 17.8. The molecule has 1 saturated heterocycles. The molecule has 3 rings (SSSR count). The fourth-order valence-electron chi connectivity index (χ4n) is 3.99. The van der Waals surface area contributed by atoms with Crippen molar-refractivity contribution in [3.8, 4) is 0 Å². The molecule has 1 aliphatic carbocycles. The van der Waals surface area contributed by atoms with Crippen molar-refractivity contribution in [1.82, 2.24) is 10.2 Å². The first-order valence-corrected chi connectivity index (χ1v) is 9.13. The molecule has 0 aromatic heterocycles. The molecule has 3 atom stereocenters. The monoisotopic (exact) mass is 345 g/mol. The summed E-state index contributed by atoms with van der Waals surface area (Å²) in [6.45, 7) is 1.65. The van der Waals surface area contributed by atoms with Crippen molar-refractivity contribution in [1.29, 1.82) is 0 Å². The molecule has 25 heavy (non-hydrogen) atoms. The van der Waals surface area contributed by atoms with Crippen molar-refractivity contribution in [2.75, 3.05) is 13.1 Å². The molecule has 1 unspecified atom stereocenters. The highest BCUT2D eigenvalue weighted by atomic mass is 16.3. The minimum atomic E-state index is -0.441. The van der Waals surface area contributed by atoms with E-state index < -0.39 is 5.91 Å². The SMILES string of the molecule is NC(=O)c1ccc(CCC(=O)N[C@@H]2CCC[C@@H]2N2CCC(O)C2)cc1. The fraction of sp³-hybridized carbons (Fsp3) is 0.579. The van der Waals surface area contributed by atoms with Crippen LogP contribution in [0.25, 0.3) is 0 Å². The topological polar surface area (TPSA) is 95.7 Å². The van der Waals surface area contributed by atoms with Crippen LogP contribution < -0.4 is 11.1 Å². The Morgan fingerprint density at radius 3 is 2.60 bits per heavy atom. The van der Waals surface area contributed by atoms with E-state index in [4.69, 9.17) is 5.73 Å². The molecule has 1 aromatic rings. The van der Waals surface area contributed by atoms with E-state index in [-0.39, 0.29) is 18.1 Å². The van der Waals surface area contributed by atoms with Crippen molar-refractivity contribution >= 4 is 11.8 Å². The number of nitrogens with two attached hydrogens (primary N) is 1. The van der Waals surface area contributed by atoms with Crippen LogP contribution in [0.1, 0.15) is 48.0 Å². The number of aliphatic hydroxyl groups excluding tert-OH is 1. The zero-order valence-corrected chi connectivity index (χ0v) is 14.5. The van der Waals surface area contributed by atoms with Gasteiger partial charge in [0.15, 0.2) is 0 Å². The number of aliphatic hydroxyl groups is 1. The Hall–Kier alpha value is -1.92. The van der Waals surface area contributed by atoms with Gasteiger partial charge in [-0.05, 0) is 49.8 Å². The van der Waals surface area contributed by atoms with E-state index in [1.807, 2.05) is 12.1 Å². The molecule has 1 heterocycles. The molecule has 0 radical (unpaired) electrons. The lowest BCUT2D eigenvalue weighted by molar-refractivity contribution is -0.122. The molecule has 1 saturated carbocycles. The number of carbonyl (C=O) groups excluding carboxylic acids is 2. The van der Waals surface area contributed by atoms with Gasteiger partial charge in [-0.25, -0.2) is 0 Å². The second-order valence-corrected chi connectivity index (χ2v) is 7.17. The summed E-state index contributed by atoms with van der Waals surface area (Å²) in [6, 6.07) is 7.63. The first kappa shape index (κ1) is 17.9. The molecule has 1 aromatic carbocycles. The second-order valence-electron chi connectivity index (χ2n) is 7.17. The Labute approximate surface area is 148 Å². The maximum atomic E-state index is 12.3.